The smallest absolute Gasteiger partial charge is 0.0667 e. The van der Waals surface area contributed by atoms with Crippen LogP contribution in [0.1, 0.15) is 53.4 Å². The zero-order valence-corrected chi connectivity index (χ0v) is 14.0. The predicted octanol–water partition coefficient (Wildman–Crippen LogP) is 4.98. The van der Waals surface area contributed by atoms with Crippen LogP contribution in [0.25, 0.3) is 0 Å². The van der Waals surface area contributed by atoms with E-state index in [0.717, 1.165) is 23.7 Å². The summed E-state index contributed by atoms with van der Waals surface area (Å²) in [6, 6.07) is 0. The van der Waals surface area contributed by atoms with Gasteiger partial charge in [0, 0.05) is 0 Å². The lowest BCUT2D eigenvalue weighted by molar-refractivity contribution is -0.180. The molecule has 0 saturated heterocycles. The van der Waals surface area contributed by atoms with Gasteiger partial charge in [-0.1, -0.05) is 24.3 Å². The molecule has 0 radical (unpaired) electrons. The van der Waals surface area contributed by atoms with Gasteiger partial charge < -0.3 is 4.74 Å². The summed E-state index contributed by atoms with van der Waals surface area (Å²) in [6.07, 6.45) is 15.2. The van der Waals surface area contributed by atoms with Crippen LogP contribution in [0, 0.1) is 35.5 Å². The molecule has 0 amide bonds. The van der Waals surface area contributed by atoms with Crippen molar-refractivity contribution in [2.24, 2.45) is 35.5 Å². The number of allylic oxidation sites excluding steroid dienone is 4. The second-order valence-electron chi connectivity index (χ2n) is 9.08. The molecular formula is C20H30O. The molecule has 4 aliphatic rings. The lowest BCUT2D eigenvalue weighted by Crippen LogP contribution is -2.48. The summed E-state index contributed by atoms with van der Waals surface area (Å²) in [7, 11) is 0. The van der Waals surface area contributed by atoms with Crippen molar-refractivity contribution in [2.45, 2.75) is 64.6 Å². The zero-order chi connectivity index (χ0) is 14.8. The van der Waals surface area contributed by atoms with Crippen molar-refractivity contribution in [3.63, 3.8) is 0 Å². The first kappa shape index (κ1) is 14.1. The van der Waals surface area contributed by atoms with Crippen LogP contribution >= 0.6 is 0 Å². The summed E-state index contributed by atoms with van der Waals surface area (Å²) >= 11 is 0. The topological polar surface area (TPSA) is 9.23 Å². The Hall–Kier alpha value is -0.560. The zero-order valence-electron chi connectivity index (χ0n) is 14.0. The molecule has 0 aromatic heterocycles. The summed E-state index contributed by atoms with van der Waals surface area (Å²) in [4.78, 5) is 0. The number of rotatable bonds is 4. The van der Waals surface area contributed by atoms with Crippen molar-refractivity contribution in [3.05, 3.63) is 24.3 Å². The Labute approximate surface area is 129 Å². The SMILES string of the molecule is CC(C)(OC(C)(C)C1CC2C=CC1C2)C1CC2C=CC1C2. The highest BCUT2D eigenvalue weighted by Crippen LogP contribution is 2.53. The normalized spacial score (nSPS) is 44.2. The van der Waals surface area contributed by atoms with E-state index in [2.05, 4.69) is 52.0 Å². The molecule has 0 aromatic rings. The molecule has 6 unspecified atom stereocenters. The molecule has 2 fully saturated rings. The van der Waals surface area contributed by atoms with Crippen molar-refractivity contribution >= 4 is 0 Å². The van der Waals surface area contributed by atoms with E-state index < -0.39 is 0 Å². The number of hydrogen-bond acceptors (Lipinski definition) is 1. The van der Waals surface area contributed by atoms with E-state index in [1.807, 2.05) is 0 Å². The maximum atomic E-state index is 6.83. The van der Waals surface area contributed by atoms with Gasteiger partial charge in [0.2, 0.25) is 0 Å². The van der Waals surface area contributed by atoms with Crippen LogP contribution in [0.5, 0.6) is 0 Å². The Morgan fingerprint density at radius 3 is 1.38 bits per heavy atom. The van der Waals surface area contributed by atoms with Gasteiger partial charge in [0.1, 0.15) is 0 Å². The van der Waals surface area contributed by atoms with Gasteiger partial charge in [-0.3, -0.25) is 0 Å². The van der Waals surface area contributed by atoms with Crippen molar-refractivity contribution in [3.8, 4) is 0 Å². The van der Waals surface area contributed by atoms with Gasteiger partial charge in [-0.2, -0.15) is 0 Å². The molecule has 4 bridgehead atoms. The largest absolute Gasteiger partial charge is 0.369 e. The molecule has 1 nitrogen and oxygen atoms in total. The Balaban J connectivity index is 1.49. The van der Waals surface area contributed by atoms with Gasteiger partial charge in [0.25, 0.3) is 0 Å². The first-order chi connectivity index (χ1) is 9.85. The number of hydrogen-bond donors (Lipinski definition) is 0. The Morgan fingerprint density at radius 2 is 1.10 bits per heavy atom. The van der Waals surface area contributed by atoms with E-state index in [9.17, 15) is 0 Å². The first-order valence-corrected chi connectivity index (χ1v) is 8.92. The third-order valence-corrected chi connectivity index (χ3v) is 6.87. The Kier molecular flexibility index (Phi) is 2.99. The third-order valence-electron chi connectivity index (χ3n) is 6.87. The fourth-order valence-electron chi connectivity index (χ4n) is 5.99. The van der Waals surface area contributed by atoms with Crippen LogP contribution in [0.3, 0.4) is 0 Å². The minimum Gasteiger partial charge on any atom is -0.369 e. The molecule has 4 aliphatic carbocycles. The van der Waals surface area contributed by atoms with Crippen molar-refractivity contribution < 1.29 is 4.74 Å². The van der Waals surface area contributed by atoms with Crippen molar-refractivity contribution in [2.75, 3.05) is 0 Å². The summed E-state index contributed by atoms with van der Waals surface area (Å²) in [5, 5.41) is 0. The average Bonchev–Trinajstić information content (AvgIpc) is 3.17. The van der Waals surface area contributed by atoms with Gasteiger partial charge in [-0.05, 0) is 88.9 Å². The van der Waals surface area contributed by atoms with E-state index >= 15 is 0 Å². The van der Waals surface area contributed by atoms with Crippen LogP contribution in [0.2, 0.25) is 0 Å². The Morgan fingerprint density at radius 1 is 0.667 bits per heavy atom. The first-order valence-electron chi connectivity index (χ1n) is 8.92. The number of ether oxygens (including phenoxy) is 1. The minimum absolute atomic E-state index is 0.000769. The highest BCUT2D eigenvalue weighted by Gasteiger charge is 2.50. The fraction of sp³-hybridized carbons (Fsp3) is 0.800. The van der Waals surface area contributed by atoms with E-state index in [-0.39, 0.29) is 11.2 Å². The standard InChI is InChI=1S/C20H30O/c1-19(2,17-11-13-5-7-15(17)9-13)21-20(3,4)18-12-14-6-8-16(18)10-14/h5-8,13-18H,9-12H2,1-4H3. The van der Waals surface area contributed by atoms with Gasteiger partial charge in [0.05, 0.1) is 11.2 Å². The van der Waals surface area contributed by atoms with E-state index in [0.29, 0.717) is 11.8 Å². The maximum absolute atomic E-state index is 6.83. The average molecular weight is 286 g/mol. The fourth-order valence-corrected chi connectivity index (χ4v) is 5.99. The second-order valence-corrected chi connectivity index (χ2v) is 9.08. The quantitative estimate of drug-likeness (QED) is 0.662. The molecule has 21 heavy (non-hydrogen) atoms. The van der Waals surface area contributed by atoms with E-state index in [1.54, 1.807) is 0 Å². The molecule has 116 valence electrons. The molecule has 1 heteroatoms. The van der Waals surface area contributed by atoms with Crippen molar-refractivity contribution in [1.29, 1.82) is 0 Å². The highest BCUT2D eigenvalue weighted by atomic mass is 16.5. The van der Waals surface area contributed by atoms with Gasteiger partial charge in [-0.15, -0.1) is 0 Å². The molecule has 0 spiro atoms. The van der Waals surface area contributed by atoms with Gasteiger partial charge >= 0.3 is 0 Å². The molecule has 0 aliphatic heterocycles. The third kappa shape index (κ3) is 2.23. The van der Waals surface area contributed by atoms with E-state index in [4.69, 9.17) is 4.74 Å². The van der Waals surface area contributed by atoms with Crippen LogP contribution in [0.15, 0.2) is 24.3 Å². The molecule has 2 saturated carbocycles. The maximum Gasteiger partial charge on any atom is 0.0667 e. The molecular weight excluding hydrogens is 256 g/mol. The lowest BCUT2D eigenvalue weighted by atomic mass is 9.77. The summed E-state index contributed by atoms with van der Waals surface area (Å²) < 4.78 is 6.83. The van der Waals surface area contributed by atoms with Crippen molar-refractivity contribution in [1.82, 2.24) is 0 Å². The summed E-state index contributed by atoms with van der Waals surface area (Å²) in [5.41, 5.74) is -0.00154. The molecule has 6 atom stereocenters. The molecule has 0 heterocycles. The van der Waals surface area contributed by atoms with Crippen LogP contribution in [-0.4, -0.2) is 11.2 Å². The molecule has 0 N–H and O–H groups in total. The summed E-state index contributed by atoms with van der Waals surface area (Å²) in [6.45, 7) is 9.38. The van der Waals surface area contributed by atoms with Gasteiger partial charge in [0.15, 0.2) is 0 Å². The second kappa shape index (κ2) is 4.47. The molecule has 4 rings (SSSR count). The van der Waals surface area contributed by atoms with Crippen LogP contribution < -0.4 is 0 Å². The minimum atomic E-state index is -0.000769. The number of fused-ring (bicyclic) bond motifs is 4. The highest BCUT2D eigenvalue weighted by molar-refractivity contribution is 5.15. The van der Waals surface area contributed by atoms with Crippen LogP contribution in [-0.2, 0) is 4.74 Å². The predicted molar refractivity (Wildman–Crippen MR) is 86.9 cm³/mol. The lowest BCUT2D eigenvalue weighted by Gasteiger charge is -2.46. The molecule has 0 aromatic carbocycles. The summed E-state index contributed by atoms with van der Waals surface area (Å²) in [5.74, 6) is 4.61. The Bertz CT molecular complexity index is 440. The van der Waals surface area contributed by atoms with Crippen LogP contribution in [0.4, 0.5) is 0 Å². The van der Waals surface area contributed by atoms with E-state index in [1.165, 1.54) is 25.7 Å². The monoisotopic (exact) mass is 286 g/mol. The van der Waals surface area contributed by atoms with Gasteiger partial charge in [-0.25, -0.2) is 0 Å².